The molecule has 3 amide bonds. The van der Waals surface area contributed by atoms with E-state index in [9.17, 15) is 9.59 Å². The number of carbonyl (C=O) groups excluding carboxylic acids is 2. The molecule has 2 aromatic rings. The molecule has 0 aliphatic carbocycles. The SMILES string of the molecule is CCCN(Cc1nnc(-c2ccccc2Cl)o1)C(=O)C1CCN(C(=O)N(C)C)CC1. The van der Waals surface area contributed by atoms with Crippen LogP contribution in [0, 0.1) is 5.92 Å². The number of amides is 3. The van der Waals surface area contributed by atoms with Crippen LogP contribution in [0.3, 0.4) is 0 Å². The van der Waals surface area contributed by atoms with Crippen molar-refractivity contribution in [2.45, 2.75) is 32.7 Å². The molecule has 30 heavy (non-hydrogen) atoms. The number of rotatable bonds is 6. The summed E-state index contributed by atoms with van der Waals surface area (Å²) in [6.45, 7) is 4.08. The molecule has 0 bridgehead atoms. The molecular weight excluding hydrogens is 406 g/mol. The molecule has 0 saturated carbocycles. The largest absolute Gasteiger partial charge is 0.419 e. The fraction of sp³-hybridized carbons (Fsp3) is 0.524. The first-order chi connectivity index (χ1) is 14.4. The van der Waals surface area contributed by atoms with Gasteiger partial charge >= 0.3 is 6.03 Å². The van der Waals surface area contributed by atoms with Crippen LogP contribution in [0.1, 0.15) is 32.1 Å². The third-order valence-electron chi connectivity index (χ3n) is 5.20. The van der Waals surface area contributed by atoms with Gasteiger partial charge in [-0.1, -0.05) is 30.7 Å². The first-order valence-electron chi connectivity index (χ1n) is 10.2. The van der Waals surface area contributed by atoms with Crippen LogP contribution < -0.4 is 0 Å². The molecule has 3 rings (SSSR count). The molecule has 1 aliphatic heterocycles. The highest BCUT2D eigenvalue weighted by Gasteiger charge is 2.31. The average Bonchev–Trinajstić information content (AvgIpc) is 3.21. The second kappa shape index (κ2) is 9.93. The van der Waals surface area contributed by atoms with Crippen LogP contribution in [0.25, 0.3) is 11.5 Å². The number of benzene rings is 1. The van der Waals surface area contributed by atoms with E-state index in [1.54, 1.807) is 34.9 Å². The Bertz CT molecular complexity index is 877. The van der Waals surface area contributed by atoms with Crippen molar-refractivity contribution in [1.29, 1.82) is 0 Å². The monoisotopic (exact) mass is 433 g/mol. The van der Waals surface area contributed by atoms with E-state index in [0.717, 1.165) is 6.42 Å². The van der Waals surface area contributed by atoms with E-state index in [1.807, 2.05) is 25.1 Å². The molecule has 1 aromatic heterocycles. The minimum absolute atomic E-state index is 0.00993. The van der Waals surface area contributed by atoms with Gasteiger partial charge in [0.05, 0.1) is 17.1 Å². The number of piperidine rings is 1. The highest BCUT2D eigenvalue weighted by Crippen LogP contribution is 2.27. The summed E-state index contributed by atoms with van der Waals surface area (Å²) < 4.78 is 5.78. The quantitative estimate of drug-likeness (QED) is 0.696. The molecule has 9 heteroatoms. The molecule has 0 N–H and O–H groups in total. The van der Waals surface area contributed by atoms with Gasteiger partial charge in [-0.25, -0.2) is 4.79 Å². The lowest BCUT2D eigenvalue weighted by atomic mass is 9.95. The fourth-order valence-electron chi connectivity index (χ4n) is 3.62. The molecule has 1 aromatic carbocycles. The molecule has 0 atom stereocenters. The Morgan fingerprint density at radius 3 is 2.53 bits per heavy atom. The van der Waals surface area contributed by atoms with E-state index in [1.165, 1.54) is 0 Å². The lowest BCUT2D eigenvalue weighted by Gasteiger charge is -2.35. The maximum Gasteiger partial charge on any atom is 0.319 e. The van der Waals surface area contributed by atoms with Crippen molar-refractivity contribution in [3.63, 3.8) is 0 Å². The number of carbonyl (C=O) groups is 2. The zero-order valence-electron chi connectivity index (χ0n) is 17.7. The van der Waals surface area contributed by atoms with Crippen LogP contribution in [0.5, 0.6) is 0 Å². The smallest absolute Gasteiger partial charge is 0.319 e. The van der Waals surface area contributed by atoms with Crippen molar-refractivity contribution in [2.75, 3.05) is 33.7 Å². The molecule has 8 nitrogen and oxygen atoms in total. The predicted octanol–water partition coefficient (Wildman–Crippen LogP) is 3.52. The maximum atomic E-state index is 13.1. The number of aromatic nitrogens is 2. The minimum Gasteiger partial charge on any atom is -0.419 e. The Hall–Kier alpha value is -2.61. The summed E-state index contributed by atoms with van der Waals surface area (Å²) in [4.78, 5) is 30.4. The lowest BCUT2D eigenvalue weighted by Crippen LogP contribution is -2.47. The van der Waals surface area contributed by atoms with Crippen molar-refractivity contribution in [3.8, 4) is 11.5 Å². The molecule has 2 heterocycles. The van der Waals surface area contributed by atoms with Gasteiger partial charge in [-0.3, -0.25) is 4.79 Å². The van der Waals surface area contributed by atoms with Gasteiger partial charge in [0.1, 0.15) is 0 Å². The Morgan fingerprint density at radius 1 is 1.20 bits per heavy atom. The third-order valence-corrected chi connectivity index (χ3v) is 5.53. The third kappa shape index (κ3) is 5.11. The van der Waals surface area contributed by atoms with E-state index in [4.69, 9.17) is 16.0 Å². The van der Waals surface area contributed by atoms with Crippen LogP contribution in [0.4, 0.5) is 4.79 Å². The molecule has 1 fully saturated rings. The van der Waals surface area contributed by atoms with Crippen molar-refractivity contribution in [2.24, 2.45) is 5.92 Å². The van der Waals surface area contributed by atoms with Gasteiger partial charge in [-0.15, -0.1) is 10.2 Å². The summed E-state index contributed by atoms with van der Waals surface area (Å²) in [6, 6.07) is 7.26. The zero-order chi connectivity index (χ0) is 21.7. The zero-order valence-corrected chi connectivity index (χ0v) is 18.4. The van der Waals surface area contributed by atoms with Crippen molar-refractivity contribution >= 4 is 23.5 Å². The van der Waals surface area contributed by atoms with E-state index in [-0.39, 0.29) is 24.4 Å². The first-order valence-corrected chi connectivity index (χ1v) is 10.6. The second-order valence-electron chi connectivity index (χ2n) is 7.68. The number of likely N-dealkylation sites (tertiary alicyclic amines) is 1. The number of halogens is 1. The van der Waals surface area contributed by atoms with E-state index >= 15 is 0 Å². The van der Waals surface area contributed by atoms with Gasteiger partial charge in [0.25, 0.3) is 0 Å². The summed E-state index contributed by atoms with van der Waals surface area (Å²) in [6.07, 6.45) is 2.15. The highest BCUT2D eigenvalue weighted by molar-refractivity contribution is 6.33. The number of hydrogen-bond donors (Lipinski definition) is 0. The summed E-state index contributed by atoms with van der Waals surface area (Å²) in [5.41, 5.74) is 0.671. The van der Waals surface area contributed by atoms with Crippen LogP contribution in [0.2, 0.25) is 5.02 Å². The number of hydrogen-bond acceptors (Lipinski definition) is 5. The van der Waals surface area contributed by atoms with Gasteiger partial charge in [-0.05, 0) is 31.4 Å². The average molecular weight is 434 g/mol. The molecule has 0 unspecified atom stereocenters. The molecule has 162 valence electrons. The molecule has 1 aliphatic rings. The topological polar surface area (TPSA) is 82.8 Å². The van der Waals surface area contributed by atoms with Gasteiger partial charge < -0.3 is 19.1 Å². The van der Waals surface area contributed by atoms with Crippen LogP contribution in [-0.2, 0) is 11.3 Å². The Balaban J connectivity index is 1.64. The highest BCUT2D eigenvalue weighted by atomic mass is 35.5. The summed E-state index contributed by atoms with van der Waals surface area (Å²) in [7, 11) is 3.48. The molecule has 0 spiro atoms. The van der Waals surface area contributed by atoms with E-state index in [2.05, 4.69) is 10.2 Å². The number of nitrogens with zero attached hydrogens (tertiary/aromatic N) is 5. The predicted molar refractivity (Wildman–Crippen MR) is 114 cm³/mol. The van der Waals surface area contributed by atoms with E-state index < -0.39 is 0 Å². The van der Waals surface area contributed by atoms with Crippen LogP contribution in [0.15, 0.2) is 28.7 Å². The van der Waals surface area contributed by atoms with Gasteiger partial charge in [0, 0.05) is 39.6 Å². The van der Waals surface area contributed by atoms with Gasteiger partial charge in [0.15, 0.2) is 0 Å². The van der Waals surface area contributed by atoms with Crippen molar-refractivity contribution in [3.05, 3.63) is 35.2 Å². The molecular formula is C21H28ClN5O3. The Kier molecular flexibility index (Phi) is 7.31. The summed E-state index contributed by atoms with van der Waals surface area (Å²) in [5.74, 6) is 0.696. The fourth-order valence-corrected chi connectivity index (χ4v) is 3.84. The number of urea groups is 1. The standard InChI is InChI=1S/C21H28ClN5O3/c1-4-11-27(20(28)15-9-12-26(13-10-15)21(29)25(2)3)14-18-23-24-19(30-18)16-7-5-6-8-17(16)22/h5-8,15H,4,9-14H2,1-3H3. The maximum absolute atomic E-state index is 13.1. The summed E-state index contributed by atoms with van der Waals surface area (Å²) in [5, 5.41) is 8.74. The molecule has 1 saturated heterocycles. The first kappa shape index (κ1) is 22.1. The van der Waals surface area contributed by atoms with E-state index in [0.29, 0.717) is 54.8 Å². The van der Waals surface area contributed by atoms with Gasteiger partial charge in [-0.2, -0.15) is 0 Å². The van der Waals surface area contributed by atoms with Crippen LogP contribution in [-0.4, -0.2) is 70.6 Å². The minimum atomic E-state index is -0.103. The lowest BCUT2D eigenvalue weighted by molar-refractivity contribution is -0.138. The van der Waals surface area contributed by atoms with Crippen LogP contribution >= 0.6 is 11.6 Å². The molecule has 0 radical (unpaired) electrons. The van der Waals surface area contributed by atoms with Crippen molar-refractivity contribution < 1.29 is 14.0 Å². The van der Waals surface area contributed by atoms with Crippen molar-refractivity contribution in [1.82, 2.24) is 24.9 Å². The second-order valence-corrected chi connectivity index (χ2v) is 8.09. The normalized spacial score (nSPS) is 14.6. The summed E-state index contributed by atoms with van der Waals surface area (Å²) >= 11 is 6.21. The van der Waals surface area contributed by atoms with Gasteiger partial charge in [0.2, 0.25) is 17.7 Å². The Labute approximate surface area is 181 Å². The Morgan fingerprint density at radius 2 is 1.90 bits per heavy atom.